The first kappa shape index (κ1) is 17.2. The van der Waals surface area contributed by atoms with Crippen LogP contribution in [0.3, 0.4) is 0 Å². The van der Waals surface area contributed by atoms with Crippen LogP contribution in [-0.4, -0.2) is 33.8 Å². The molecule has 3 heterocycles. The van der Waals surface area contributed by atoms with E-state index in [-0.39, 0.29) is 11.9 Å². The number of rotatable bonds is 7. The van der Waals surface area contributed by atoms with Crippen LogP contribution in [0.15, 0.2) is 35.1 Å². The second-order valence-electron chi connectivity index (χ2n) is 6.20. The summed E-state index contributed by atoms with van der Waals surface area (Å²) in [4.78, 5) is 17.3. The van der Waals surface area contributed by atoms with Gasteiger partial charge in [0.05, 0.1) is 23.4 Å². The zero-order chi connectivity index (χ0) is 17.8. The fourth-order valence-electron chi connectivity index (χ4n) is 2.70. The molecular formula is C18H23N5O2. The molecule has 0 unspecified atom stereocenters. The number of hydrogen-bond acceptors (Lipinski definition) is 5. The third-order valence-corrected chi connectivity index (χ3v) is 3.99. The van der Waals surface area contributed by atoms with Gasteiger partial charge in [-0.3, -0.25) is 4.79 Å². The van der Waals surface area contributed by atoms with Crippen LogP contribution in [0.2, 0.25) is 0 Å². The maximum Gasteiger partial charge on any atom is 0.252 e. The van der Waals surface area contributed by atoms with E-state index in [1.165, 1.54) is 0 Å². The molecule has 0 aliphatic rings. The Morgan fingerprint density at radius 2 is 2.24 bits per heavy atom. The number of pyridine rings is 1. The Hall–Kier alpha value is -2.67. The summed E-state index contributed by atoms with van der Waals surface area (Å²) in [6, 6.07) is 5.52. The van der Waals surface area contributed by atoms with Crippen molar-refractivity contribution >= 4 is 16.9 Å². The molecule has 0 fully saturated rings. The van der Waals surface area contributed by atoms with Crippen LogP contribution in [0, 0.1) is 0 Å². The number of furan rings is 1. The fraction of sp³-hybridized carbons (Fsp3) is 0.389. The minimum Gasteiger partial charge on any atom is -0.463 e. The predicted molar refractivity (Wildman–Crippen MR) is 96.2 cm³/mol. The third kappa shape index (κ3) is 3.56. The van der Waals surface area contributed by atoms with Gasteiger partial charge < -0.3 is 15.5 Å². The van der Waals surface area contributed by atoms with Crippen molar-refractivity contribution in [1.82, 2.24) is 20.1 Å². The van der Waals surface area contributed by atoms with E-state index in [0.29, 0.717) is 35.8 Å². The van der Waals surface area contributed by atoms with Gasteiger partial charge in [-0.15, -0.1) is 0 Å². The molecule has 3 aromatic heterocycles. The van der Waals surface area contributed by atoms with Gasteiger partial charge in [0, 0.05) is 12.6 Å². The number of hydrogen-bond donors (Lipinski definition) is 2. The van der Waals surface area contributed by atoms with E-state index in [4.69, 9.17) is 10.2 Å². The molecule has 0 spiro atoms. The van der Waals surface area contributed by atoms with E-state index in [1.807, 2.05) is 24.6 Å². The highest BCUT2D eigenvalue weighted by molar-refractivity contribution is 6.06. The van der Waals surface area contributed by atoms with Crippen LogP contribution in [0.1, 0.15) is 43.1 Å². The first-order valence-electron chi connectivity index (χ1n) is 8.52. The zero-order valence-electron chi connectivity index (χ0n) is 14.5. The number of unbranched alkanes of at least 4 members (excludes halogenated alkanes) is 1. The molecule has 0 bridgehead atoms. The summed E-state index contributed by atoms with van der Waals surface area (Å²) < 4.78 is 7.27. The molecule has 25 heavy (non-hydrogen) atoms. The monoisotopic (exact) mass is 341 g/mol. The number of carbonyl (C=O) groups is 1. The molecule has 0 aromatic carbocycles. The summed E-state index contributed by atoms with van der Waals surface area (Å²) in [5, 5.41) is 8.08. The highest BCUT2D eigenvalue weighted by Crippen LogP contribution is 2.26. The smallest absolute Gasteiger partial charge is 0.252 e. The van der Waals surface area contributed by atoms with Gasteiger partial charge >= 0.3 is 0 Å². The molecule has 132 valence electrons. The van der Waals surface area contributed by atoms with E-state index >= 15 is 0 Å². The summed E-state index contributed by atoms with van der Waals surface area (Å²) in [7, 11) is 0. The molecule has 0 aliphatic heterocycles. The molecular weight excluding hydrogens is 318 g/mol. The van der Waals surface area contributed by atoms with Gasteiger partial charge in [-0.2, -0.15) is 5.10 Å². The number of nitrogens with two attached hydrogens (primary N) is 1. The van der Waals surface area contributed by atoms with Gasteiger partial charge in [0.2, 0.25) is 0 Å². The first-order chi connectivity index (χ1) is 12.1. The molecule has 7 heteroatoms. The van der Waals surface area contributed by atoms with E-state index in [2.05, 4.69) is 15.4 Å². The lowest BCUT2D eigenvalue weighted by Gasteiger charge is -2.10. The van der Waals surface area contributed by atoms with Gasteiger partial charge in [0.15, 0.2) is 11.4 Å². The molecule has 0 aliphatic carbocycles. The van der Waals surface area contributed by atoms with Gasteiger partial charge in [0.1, 0.15) is 5.69 Å². The van der Waals surface area contributed by atoms with Crippen molar-refractivity contribution in [1.29, 1.82) is 0 Å². The third-order valence-electron chi connectivity index (χ3n) is 3.99. The number of fused-ring (bicyclic) bond motifs is 1. The van der Waals surface area contributed by atoms with E-state index in [1.54, 1.807) is 24.6 Å². The van der Waals surface area contributed by atoms with Gasteiger partial charge in [0.25, 0.3) is 5.91 Å². The number of nitrogens with one attached hydrogen (secondary N) is 1. The lowest BCUT2D eigenvalue weighted by molar-refractivity contribution is 0.0954. The highest BCUT2D eigenvalue weighted by atomic mass is 16.3. The molecule has 1 amide bonds. The topological polar surface area (TPSA) is 99.0 Å². The fourth-order valence-corrected chi connectivity index (χ4v) is 2.70. The van der Waals surface area contributed by atoms with Crippen LogP contribution >= 0.6 is 0 Å². The number of carbonyl (C=O) groups excluding carboxylic acids is 1. The lowest BCUT2D eigenvalue weighted by atomic mass is 10.1. The molecule has 3 aromatic rings. The minimum absolute atomic E-state index is 0.136. The van der Waals surface area contributed by atoms with Crippen LogP contribution in [0.4, 0.5) is 0 Å². The zero-order valence-corrected chi connectivity index (χ0v) is 14.5. The lowest BCUT2D eigenvalue weighted by Crippen LogP contribution is -2.25. The van der Waals surface area contributed by atoms with Crippen LogP contribution in [0.5, 0.6) is 0 Å². The molecule has 0 saturated carbocycles. The largest absolute Gasteiger partial charge is 0.463 e. The normalized spacial score (nSPS) is 11.4. The predicted octanol–water partition coefficient (Wildman–Crippen LogP) is 2.74. The van der Waals surface area contributed by atoms with Crippen molar-refractivity contribution < 1.29 is 9.21 Å². The van der Waals surface area contributed by atoms with Crippen molar-refractivity contribution in [3.05, 3.63) is 36.2 Å². The summed E-state index contributed by atoms with van der Waals surface area (Å²) >= 11 is 0. The molecule has 0 atom stereocenters. The highest BCUT2D eigenvalue weighted by Gasteiger charge is 2.19. The molecule has 0 radical (unpaired) electrons. The second kappa shape index (κ2) is 7.48. The van der Waals surface area contributed by atoms with Gasteiger partial charge in [-0.25, -0.2) is 9.67 Å². The second-order valence-corrected chi connectivity index (χ2v) is 6.20. The standard InChI is InChI=1S/C18H23N5O2/c1-12(2)23-17-14(11-21-23)13(18(24)20-8-4-3-7-19)10-15(22-17)16-6-5-9-25-16/h5-6,9-12H,3-4,7-8,19H2,1-2H3,(H,20,24). The maximum atomic E-state index is 12.7. The molecule has 3 N–H and O–H groups in total. The van der Waals surface area contributed by atoms with Crippen molar-refractivity contribution in [2.24, 2.45) is 5.73 Å². The summed E-state index contributed by atoms with van der Waals surface area (Å²) in [6.45, 7) is 5.27. The molecule has 7 nitrogen and oxygen atoms in total. The van der Waals surface area contributed by atoms with E-state index in [9.17, 15) is 4.79 Å². The van der Waals surface area contributed by atoms with Crippen molar-refractivity contribution in [3.8, 4) is 11.5 Å². The number of aromatic nitrogens is 3. The average Bonchev–Trinajstić information content (AvgIpc) is 3.26. The Kier molecular flexibility index (Phi) is 5.14. The molecule has 0 saturated heterocycles. The number of amides is 1. The minimum atomic E-state index is -0.138. The SMILES string of the molecule is CC(C)n1ncc2c(C(=O)NCCCCN)cc(-c3ccco3)nc21. The van der Waals surface area contributed by atoms with Crippen LogP contribution in [0.25, 0.3) is 22.5 Å². The Bertz CT molecular complexity index is 852. The Morgan fingerprint density at radius 3 is 2.92 bits per heavy atom. The van der Waals surface area contributed by atoms with Gasteiger partial charge in [-0.1, -0.05) is 0 Å². The first-order valence-corrected chi connectivity index (χ1v) is 8.52. The molecule has 3 rings (SSSR count). The van der Waals surface area contributed by atoms with Gasteiger partial charge in [-0.05, 0) is 51.4 Å². The Balaban J connectivity index is 2.02. The summed E-state index contributed by atoms with van der Waals surface area (Å²) in [5.41, 5.74) is 7.34. The Morgan fingerprint density at radius 1 is 1.40 bits per heavy atom. The average molecular weight is 341 g/mol. The van der Waals surface area contributed by atoms with Crippen LogP contribution in [-0.2, 0) is 0 Å². The summed E-state index contributed by atoms with van der Waals surface area (Å²) in [6.07, 6.45) is 5.03. The number of nitrogens with zero attached hydrogens (tertiary/aromatic N) is 3. The van der Waals surface area contributed by atoms with E-state index < -0.39 is 0 Å². The Labute approximate surface area is 146 Å². The maximum absolute atomic E-state index is 12.7. The van der Waals surface area contributed by atoms with E-state index in [0.717, 1.165) is 18.2 Å². The summed E-state index contributed by atoms with van der Waals surface area (Å²) in [5.74, 6) is 0.483. The van der Waals surface area contributed by atoms with Crippen molar-refractivity contribution in [2.75, 3.05) is 13.1 Å². The van der Waals surface area contributed by atoms with Crippen molar-refractivity contribution in [3.63, 3.8) is 0 Å². The quantitative estimate of drug-likeness (QED) is 0.644. The van der Waals surface area contributed by atoms with Crippen LogP contribution < -0.4 is 11.1 Å². The van der Waals surface area contributed by atoms with Crippen molar-refractivity contribution in [2.45, 2.75) is 32.7 Å².